The molecule has 2 aromatic heterocycles. The molecule has 2 aromatic rings. The van der Waals surface area contributed by atoms with Crippen LogP contribution >= 0.6 is 0 Å². The predicted molar refractivity (Wildman–Crippen MR) is 91.5 cm³/mol. The van der Waals surface area contributed by atoms with E-state index in [0.29, 0.717) is 5.95 Å². The standard InChI is InChI=1S/C17H23N5O/c1-12(2)20-17-21-15(14-7-3-4-8-18-14)10-16(22-17)19-11-13-6-5-9-23-13/h3-4,7-8,10,12-13H,5-6,9,11H2,1-2H3,(H2,19,20,21,22)/t13-/m0/s1. The minimum Gasteiger partial charge on any atom is -0.376 e. The second-order valence-electron chi connectivity index (χ2n) is 5.99. The largest absolute Gasteiger partial charge is 0.376 e. The van der Waals surface area contributed by atoms with Crippen LogP contribution in [0.15, 0.2) is 30.5 Å². The fourth-order valence-electron chi connectivity index (χ4n) is 2.53. The maximum atomic E-state index is 5.65. The maximum absolute atomic E-state index is 5.65. The molecule has 3 rings (SSSR count). The number of ether oxygens (including phenoxy) is 1. The zero-order valence-corrected chi connectivity index (χ0v) is 13.6. The quantitative estimate of drug-likeness (QED) is 0.854. The van der Waals surface area contributed by atoms with Gasteiger partial charge in [-0.1, -0.05) is 6.07 Å². The van der Waals surface area contributed by atoms with E-state index >= 15 is 0 Å². The molecule has 1 aliphatic rings. The topological polar surface area (TPSA) is 72.0 Å². The van der Waals surface area contributed by atoms with Crippen LogP contribution < -0.4 is 10.6 Å². The normalized spacial score (nSPS) is 17.4. The number of rotatable bonds is 6. The van der Waals surface area contributed by atoms with Gasteiger partial charge in [-0.3, -0.25) is 4.98 Å². The molecule has 3 heterocycles. The lowest BCUT2D eigenvalue weighted by atomic mass is 10.2. The first-order chi connectivity index (χ1) is 11.2. The summed E-state index contributed by atoms with van der Waals surface area (Å²) in [5.41, 5.74) is 1.64. The van der Waals surface area contributed by atoms with E-state index in [1.54, 1.807) is 6.20 Å². The molecule has 1 aliphatic heterocycles. The van der Waals surface area contributed by atoms with Crippen molar-refractivity contribution in [1.29, 1.82) is 0 Å². The Kier molecular flexibility index (Phi) is 5.02. The Morgan fingerprint density at radius 1 is 1.26 bits per heavy atom. The summed E-state index contributed by atoms with van der Waals surface area (Å²) < 4.78 is 5.65. The molecule has 0 bridgehead atoms. The summed E-state index contributed by atoms with van der Waals surface area (Å²) in [5.74, 6) is 1.40. The van der Waals surface area contributed by atoms with Gasteiger partial charge in [0.25, 0.3) is 0 Å². The first-order valence-corrected chi connectivity index (χ1v) is 8.13. The van der Waals surface area contributed by atoms with Crippen LogP contribution in [0, 0.1) is 0 Å². The van der Waals surface area contributed by atoms with Crippen LogP contribution in [0.2, 0.25) is 0 Å². The second kappa shape index (κ2) is 7.37. The first-order valence-electron chi connectivity index (χ1n) is 8.13. The zero-order chi connectivity index (χ0) is 16.1. The SMILES string of the molecule is CC(C)Nc1nc(NC[C@@H]2CCCO2)cc(-c2ccccn2)n1. The van der Waals surface area contributed by atoms with Gasteiger partial charge in [0.2, 0.25) is 5.95 Å². The number of aromatic nitrogens is 3. The third-order valence-corrected chi connectivity index (χ3v) is 3.61. The molecule has 122 valence electrons. The molecule has 0 aliphatic carbocycles. The smallest absolute Gasteiger partial charge is 0.225 e. The number of hydrogen-bond acceptors (Lipinski definition) is 6. The van der Waals surface area contributed by atoms with Crippen LogP contribution in [0.4, 0.5) is 11.8 Å². The van der Waals surface area contributed by atoms with E-state index in [2.05, 4.69) is 39.4 Å². The maximum Gasteiger partial charge on any atom is 0.225 e. The van der Waals surface area contributed by atoms with Gasteiger partial charge in [0, 0.05) is 31.5 Å². The van der Waals surface area contributed by atoms with E-state index in [1.165, 1.54) is 0 Å². The Bertz CT molecular complexity index is 626. The van der Waals surface area contributed by atoms with Crippen LogP contribution in [-0.4, -0.2) is 40.2 Å². The van der Waals surface area contributed by atoms with Gasteiger partial charge < -0.3 is 15.4 Å². The molecule has 6 heteroatoms. The molecule has 0 aromatic carbocycles. The van der Waals surface area contributed by atoms with Crippen molar-refractivity contribution in [2.24, 2.45) is 0 Å². The minimum atomic E-state index is 0.264. The number of hydrogen-bond donors (Lipinski definition) is 2. The molecule has 0 spiro atoms. The van der Waals surface area contributed by atoms with E-state index in [0.717, 1.165) is 43.2 Å². The fraction of sp³-hybridized carbons (Fsp3) is 0.471. The van der Waals surface area contributed by atoms with Crippen LogP contribution in [0.1, 0.15) is 26.7 Å². The molecule has 0 saturated carbocycles. The lowest BCUT2D eigenvalue weighted by Crippen LogP contribution is -2.20. The third kappa shape index (κ3) is 4.39. The number of nitrogens with one attached hydrogen (secondary N) is 2. The van der Waals surface area contributed by atoms with E-state index in [9.17, 15) is 0 Å². The highest BCUT2D eigenvalue weighted by Gasteiger charge is 2.16. The van der Waals surface area contributed by atoms with E-state index in [4.69, 9.17) is 4.74 Å². The van der Waals surface area contributed by atoms with Crippen molar-refractivity contribution >= 4 is 11.8 Å². The van der Waals surface area contributed by atoms with Gasteiger partial charge in [0.15, 0.2) is 0 Å². The highest BCUT2D eigenvalue weighted by atomic mass is 16.5. The molecule has 0 unspecified atom stereocenters. The van der Waals surface area contributed by atoms with Gasteiger partial charge in [-0.25, -0.2) is 4.98 Å². The summed E-state index contributed by atoms with van der Waals surface area (Å²) in [6.45, 7) is 5.75. The van der Waals surface area contributed by atoms with E-state index < -0.39 is 0 Å². The van der Waals surface area contributed by atoms with E-state index in [-0.39, 0.29) is 12.1 Å². The van der Waals surface area contributed by atoms with Gasteiger partial charge in [-0.05, 0) is 38.8 Å². The fourth-order valence-corrected chi connectivity index (χ4v) is 2.53. The van der Waals surface area contributed by atoms with Crippen molar-refractivity contribution in [2.75, 3.05) is 23.8 Å². The molecule has 6 nitrogen and oxygen atoms in total. The molecule has 0 radical (unpaired) electrons. The highest BCUT2D eigenvalue weighted by Crippen LogP contribution is 2.20. The van der Waals surface area contributed by atoms with Crippen LogP contribution in [0.3, 0.4) is 0 Å². The van der Waals surface area contributed by atoms with Crippen molar-refractivity contribution in [1.82, 2.24) is 15.0 Å². The van der Waals surface area contributed by atoms with Gasteiger partial charge in [0.1, 0.15) is 5.82 Å². The van der Waals surface area contributed by atoms with Crippen molar-refractivity contribution in [2.45, 2.75) is 38.8 Å². The van der Waals surface area contributed by atoms with Crippen molar-refractivity contribution in [3.8, 4) is 11.4 Å². The van der Waals surface area contributed by atoms with E-state index in [1.807, 2.05) is 24.3 Å². The monoisotopic (exact) mass is 313 g/mol. The Hall–Kier alpha value is -2.21. The van der Waals surface area contributed by atoms with Crippen LogP contribution in [0.25, 0.3) is 11.4 Å². The molecule has 1 atom stereocenters. The Labute approximate surface area is 136 Å². The molecule has 2 N–H and O–H groups in total. The summed E-state index contributed by atoms with van der Waals surface area (Å²) in [5, 5.41) is 6.63. The number of nitrogens with zero attached hydrogens (tertiary/aromatic N) is 3. The van der Waals surface area contributed by atoms with Crippen LogP contribution in [0.5, 0.6) is 0 Å². The molecule has 0 amide bonds. The summed E-state index contributed by atoms with van der Waals surface area (Å²) >= 11 is 0. The lowest BCUT2D eigenvalue weighted by Gasteiger charge is -2.14. The van der Waals surface area contributed by atoms with Gasteiger partial charge >= 0.3 is 0 Å². The number of pyridine rings is 1. The first kappa shape index (κ1) is 15.7. The Balaban J connectivity index is 1.81. The van der Waals surface area contributed by atoms with Crippen LogP contribution in [-0.2, 0) is 4.74 Å². The average molecular weight is 313 g/mol. The number of anilines is 2. The average Bonchev–Trinajstić information content (AvgIpc) is 3.06. The summed E-state index contributed by atoms with van der Waals surface area (Å²) in [6.07, 6.45) is 4.27. The molecule has 1 saturated heterocycles. The van der Waals surface area contributed by atoms with Crippen molar-refractivity contribution < 1.29 is 4.74 Å². The molecule has 1 fully saturated rings. The Morgan fingerprint density at radius 3 is 2.87 bits per heavy atom. The molecule has 23 heavy (non-hydrogen) atoms. The van der Waals surface area contributed by atoms with Crippen molar-refractivity contribution in [3.05, 3.63) is 30.5 Å². The van der Waals surface area contributed by atoms with Gasteiger partial charge in [0.05, 0.1) is 17.5 Å². The predicted octanol–water partition coefficient (Wildman–Crippen LogP) is 2.95. The summed E-state index contributed by atoms with van der Waals surface area (Å²) in [6, 6.07) is 8.00. The van der Waals surface area contributed by atoms with Crippen molar-refractivity contribution in [3.63, 3.8) is 0 Å². The zero-order valence-electron chi connectivity index (χ0n) is 13.6. The van der Waals surface area contributed by atoms with Gasteiger partial charge in [-0.2, -0.15) is 4.98 Å². The second-order valence-corrected chi connectivity index (χ2v) is 5.99. The third-order valence-electron chi connectivity index (χ3n) is 3.61. The molecular weight excluding hydrogens is 290 g/mol. The Morgan fingerprint density at radius 2 is 2.17 bits per heavy atom. The molecular formula is C17H23N5O. The summed E-state index contributed by atoms with van der Waals surface area (Å²) in [7, 11) is 0. The van der Waals surface area contributed by atoms with Gasteiger partial charge in [-0.15, -0.1) is 0 Å². The lowest BCUT2D eigenvalue weighted by molar-refractivity contribution is 0.120. The minimum absolute atomic E-state index is 0.264. The highest BCUT2D eigenvalue weighted by molar-refractivity contribution is 5.61. The summed E-state index contributed by atoms with van der Waals surface area (Å²) in [4.78, 5) is 13.5.